The van der Waals surface area contributed by atoms with E-state index in [1.807, 2.05) is 27.7 Å². The number of carbonyl (C=O) groups is 2. The van der Waals surface area contributed by atoms with Gasteiger partial charge in [0.05, 0.1) is 6.04 Å². The van der Waals surface area contributed by atoms with E-state index >= 15 is 0 Å². The summed E-state index contributed by atoms with van der Waals surface area (Å²) in [7, 11) is 1.72. The zero-order chi connectivity index (χ0) is 12.0. The van der Waals surface area contributed by atoms with Crippen molar-refractivity contribution in [3.63, 3.8) is 0 Å². The highest BCUT2D eigenvalue weighted by Crippen LogP contribution is 2.02. The minimum atomic E-state index is -0.305. The maximum atomic E-state index is 11.6. The normalized spacial score (nSPS) is 13.0. The van der Waals surface area contributed by atoms with Crippen LogP contribution >= 0.6 is 0 Å². The lowest BCUT2D eigenvalue weighted by molar-refractivity contribution is -0.132. The fraction of sp³-hybridized carbons (Fsp3) is 0.818. The first-order valence-electron chi connectivity index (χ1n) is 5.39. The van der Waals surface area contributed by atoms with Gasteiger partial charge < -0.3 is 5.32 Å². The Bertz CT molecular complexity index is 225. The molecule has 0 spiro atoms. The van der Waals surface area contributed by atoms with Crippen molar-refractivity contribution < 1.29 is 9.59 Å². The van der Waals surface area contributed by atoms with Crippen LogP contribution in [0.2, 0.25) is 0 Å². The first-order chi connectivity index (χ1) is 6.88. The van der Waals surface area contributed by atoms with Gasteiger partial charge in [-0.2, -0.15) is 0 Å². The molecule has 0 aliphatic carbocycles. The first-order valence-corrected chi connectivity index (χ1v) is 5.39. The van der Waals surface area contributed by atoms with Crippen LogP contribution in [0, 0.1) is 11.8 Å². The Morgan fingerprint density at radius 3 is 2.00 bits per heavy atom. The second kappa shape index (κ2) is 6.56. The van der Waals surface area contributed by atoms with Crippen LogP contribution < -0.4 is 10.6 Å². The summed E-state index contributed by atoms with van der Waals surface area (Å²) < 4.78 is 0. The summed E-state index contributed by atoms with van der Waals surface area (Å²) >= 11 is 0. The quantitative estimate of drug-likeness (QED) is 0.715. The van der Waals surface area contributed by atoms with E-state index < -0.39 is 0 Å². The Hall–Kier alpha value is -0.900. The van der Waals surface area contributed by atoms with Gasteiger partial charge in [0.1, 0.15) is 0 Å². The van der Waals surface area contributed by atoms with Gasteiger partial charge in [-0.1, -0.05) is 27.7 Å². The van der Waals surface area contributed by atoms with Crippen molar-refractivity contribution in [2.75, 3.05) is 7.05 Å². The number of likely N-dealkylation sites (N-methyl/N-ethyl adjacent to an activating group) is 1. The summed E-state index contributed by atoms with van der Waals surface area (Å²) in [4.78, 5) is 23.0. The number of rotatable bonds is 5. The van der Waals surface area contributed by atoms with E-state index in [1.165, 1.54) is 0 Å². The van der Waals surface area contributed by atoms with Crippen molar-refractivity contribution in [1.29, 1.82) is 0 Å². The third-order valence-electron chi connectivity index (χ3n) is 2.12. The Morgan fingerprint density at radius 2 is 1.67 bits per heavy atom. The molecule has 0 aromatic heterocycles. The summed E-state index contributed by atoms with van der Waals surface area (Å²) in [5, 5.41) is 5.30. The molecular weight excluding hydrogens is 192 g/mol. The highest BCUT2D eigenvalue weighted by molar-refractivity contribution is 5.97. The average Bonchev–Trinajstić information content (AvgIpc) is 2.01. The summed E-state index contributed by atoms with van der Waals surface area (Å²) in [6.45, 7) is 7.77. The average molecular weight is 214 g/mol. The van der Waals surface area contributed by atoms with E-state index in [0.717, 1.165) is 0 Å². The Kier molecular flexibility index (Phi) is 6.17. The number of nitrogens with one attached hydrogen (secondary N) is 2. The molecule has 0 saturated carbocycles. The van der Waals surface area contributed by atoms with Gasteiger partial charge >= 0.3 is 0 Å². The third-order valence-corrected chi connectivity index (χ3v) is 2.12. The van der Waals surface area contributed by atoms with E-state index in [0.29, 0.717) is 6.42 Å². The van der Waals surface area contributed by atoms with Gasteiger partial charge in [0.2, 0.25) is 11.8 Å². The fourth-order valence-corrected chi connectivity index (χ4v) is 1.40. The van der Waals surface area contributed by atoms with Crippen molar-refractivity contribution in [1.82, 2.24) is 10.6 Å². The smallest absolute Gasteiger partial charge is 0.243 e. The molecule has 1 atom stereocenters. The Balaban J connectivity index is 4.16. The molecule has 0 aliphatic heterocycles. The molecule has 88 valence electrons. The van der Waals surface area contributed by atoms with Crippen LogP contribution in [-0.2, 0) is 9.59 Å². The SMILES string of the molecule is CN[C@H](C(=O)NC(=O)CC(C)C)C(C)C. The Labute approximate surface area is 91.8 Å². The highest BCUT2D eigenvalue weighted by Gasteiger charge is 2.21. The number of hydrogen-bond acceptors (Lipinski definition) is 3. The van der Waals surface area contributed by atoms with Crippen molar-refractivity contribution in [2.45, 2.75) is 40.2 Å². The summed E-state index contributed by atoms with van der Waals surface area (Å²) in [6, 6.07) is -0.305. The van der Waals surface area contributed by atoms with Crippen LogP contribution in [0.1, 0.15) is 34.1 Å². The fourth-order valence-electron chi connectivity index (χ4n) is 1.40. The molecule has 0 fully saturated rings. The molecule has 4 nitrogen and oxygen atoms in total. The molecule has 2 N–H and O–H groups in total. The van der Waals surface area contributed by atoms with E-state index in [9.17, 15) is 9.59 Å². The monoisotopic (exact) mass is 214 g/mol. The van der Waals surface area contributed by atoms with E-state index in [1.54, 1.807) is 7.05 Å². The van der Waals surface area contributed by atoms with Gasteiger partial charge in [-0.25, -0.2) is 0 Å². The molecule has 2 amide bonds. The minimum absolute atomic E-state index is 0.168. The lowest BCUT2D eigenvalue weighted by atomic mass is 10.0. The molecular formula is C11H22N2O2. The predicted molar refractivity (Wildman–Crippen MR) is 60.3 cm³/mol. The molecule has 15 heavy (non-hydrogen) atoms. The molecule has 0 bridgehead atoms. The molecule has 0 unspecified atom stereocenters. The largest absolute Gasteiger partial charge is 0.309 e. The van der Waals surface area contributed by atoms with Gasteiger partial charge in [-0.05, 0) is 18.9 Å². The van der Waals surface area contributed by atoms with Gasteiger partial charge in [0.15, 0.2) is 0 Å². The summed E-state index contributed by atoms with van der Waals surface area (Å²) in [5.74, 6) is 0.000728. The molecule has 4 heteroatoms. The number of carbonyl (C=O) groups excluding carboxylic acids is 2. The summed E-state index contributed by atoms with van der Waals surface area (Å²) in [6.07, 6.45) is 0.389. The van der Waals surface area contributed by atoms with Gasteiger partial charge in [-0.3, -0.25) is 14.9 Å². The first kappa shape index (κ1) is 14.1. The maximum absolute atomic E-state index is 11.6. The van der Waals surface area contributed by atoms with Crippen molar-refractivity contribution in [2.24, 2.45) is 11.8 Å². The lowest BCUT2D eigenvalue weighted by Crippen LogP contribution is -2.48. The van der Waals surface area contributed by atoms with Crippen LogP contribution in [-0.4, -0.2) is 24.9 Å². The lowest BCUT2D eigenvalue weighted by Gasteiger charge is -2.19. The van der Waals surface area contributed by atoms with Crippen LogP contribution in [0.3, 0.4) is 0 Å². The zero-order valence-electron chi connectivity index (χ0n) is 10.3. The molecule has 0 radical (unpaired) electrons. The summed E-state index contributed by atoms with van der Waals surface area (Å²) in [5.41, 5.74) is 0. The maximum Gasteiger partial charge on any atom is 0.243 e. The number of amides is 2. The van der Waals surface area contributed by atoms with E-state index in [4.69, 9.17) is 0 Å². The third kappa shape index (κ3) is 5.52. The zero-order valence-corrected chi connectivity index (χ0v) is 10.3. The predicted octanol–water partition coefficient (Wildman–Crippen LogP) is 0.919. The van der Waals surface area contributed by atoms with Crippen LogP contribution in [0.25, 0.3) is 0 Å². The second-order valence-electron chi connectivity index (χ2n) is 4.52. The minimum Gasteiger partial charge on any atom is -0.309 e. The molecule has 0 saturated heterocycles. The van der Waals surface area contributed by atoms with E-state index in [2.05, 4.69) is 10.6 Å². The molecule has 0 rings (SSSR count). The molecule has 0 heterocycles. The topological polar surface area (TPSA) is 58.2 Å². The van der Waals surface area contributed by atoms with Gasteiger partial charge in [-0.15, -0.1) is 0 Å². The van der Waals surface area contributed by atoms with Crippen molar-refractivity contribution in [3.05, 3.63) is 0 Å². The highest BCUT2D eigenvalue weighted by atomic mass is 16.2. The van der Waals surface area contributed by atoms with Gasteiger partial charge in [0.25, 0.3) is 0 Å². The molecule has 0 aromatic carbocycles. The number of hydrogen-bond donors (Lipinski definition) is 2. The van der Waals surface area contributed by atoms with Crippen molar-refractivity contribution in [3.8, 4) is 0 Å². The van der Waals surface area contributed by atoms with Crippen LogP contribution in [0.5, 0.6) is 0 Å². The van der Waals surface area contributed by atoms with E-state index in [-0.39, 0.29) is 29.7 Å². The van der Waals surface area contributed by atoms with Crippen LogP contribution in [0.15, 0.2) is 0 Å². The Morgan fingerprint density at radius 1 is 1.13 bits per heavy atom. The van der Waals surface area contributed by atoms with Gasteiger partial charge in [0, 0.05) is 6.42 Å². The number of imide groups is 1. The standard InChI is InChI=1S/C11H22N2O2/c1-7(2)6-9(14)13-11(15)10(12-5)8(3)4/h7-8,10,12H,6H2,1-5H3,(H,13,14,15)/t10-/m0/s1. The van der Waals surface area contributed by atoms with Crippen molar-refractivity contribution >= 4 is 11.8 Å². The molecule has 0 aromatic rings. The second-order valence-corrected chi connectivity index (χ2v) is 4.52. The molecule has 0 aliphatic rings. The van der Waals surface area contributed by atoms with Crippen LogP contribution in [0.4, 0.5) is 0 Å².